The summed E-state index contributed by atoms with van der Waals surface area (Å²) in [5.74, 6) is 0.959. The molecule has 4 heterocycles. The molecule has 3 aromatic heterocycles. The van der Waals surface area contributed by atoms with Crippen molar-refractivity contribution in [3.8, 4) is 11.6 Å². The van der Waals surface area contributed by atoms with E-state index in [1.165, 1.54) is 3.97 Å². The zero-order valence-electron chi connectivity index (χ0n) is 18.7. The van der Waals surface area contributed by atoms with Gasteiger partial charge in [0.1, 0.15) is 0 Å². The van der Waals surface area contributed by atoms with Crippen molar-refractivity contribution < 1.29 is 12.8 Å². The van der Waals surface area contributed by atoms with Gasteiger partial charge in [0.25, 0.3) is 15.6 Å². The van der Waals surface area contributed by atoms with E-state index in [2.05, 4.69) is 14.9 Å². The molecule has 0 spiro atoms. The van der Waals surface area contributed by atoms with Gasteiger partial charge in [-0.15, -0.1) is 0 Å². The first kappa shape index (κ1) is 21.6. The van der Waals surface area contributed by atoms with E-state index in [4.69, 9.17) is 4.42 Å². The van der Waals surface area contributed by atoms with Crippen LogP contribution in [0.15, 0.2) is 93.3 Å². The minimum absolute atomic E-state index is 0.180. The Morgan fingerprint density at radius 1 is 1.00 bits per heavy atom. The number of hydrogen-bond acceptors (Lipinski definition) is 6. The average Bonchev–Trinajstić information content (AvgIpc) is 3.54. The maximum atomic E-state index is 13.4. The van der Waals surface area contributed by atoms with Crippen LogP contribution in [0.4, 0.5) is 0 Å². The lowest BCUT2D eigenvalue weighted by Crippen LogP contribution is -2.35. The zero-order chi connectivity index (χ0) is 24.0. The van der Waals surface area contributed by atoms with Gasteiger partial charge in [0, 0.05) is 37.6 Å². The Labute approximate surface area is 201 Å². The number of fused-ring (bicyclic) bond motifs is 2. The van der Waals surface area contributed by atoms with E-state index in [1.54, 1.807) is 54.9 Å². The van der Waals surface area contributed by atoms with Crippen LogP contribution in [-0.2, 0) is 29.5 Å². The van der Waals surface area contributed by atoms with Crippen LogP contribution in [0.5, 0.6) is 0 Å². The molecule has 1 N–H and O–H groups in total. The van der Waals surface area contributed by atoms with E-state index in [-0.39, 0.29) is 10.5 Å². The number of H-pyrrole nitrogens is 1. The molecule has 0 radical (unpaired) electrons. The maximum absolute atomic E-state index is 13.4. The molecule has 9 heteroatoms. The van der Waals surface area contributed by atoms with Gasteiger partial charge in [0.2, 0.25) is 0 Å². The number of hydrogen-bond donors (Lipinski definition) is 1. The highest BCUT2D eigenvalue weighted by Crippen LogP contribution is 2.28. The standard InChI is InChI=1S/C26H22N4O4S/c31-26-21-17-29(13-12-22(21)27-25(28-26)24-11-6-14-34-24)15-18-16-30(23-10-5-4-9-20(18)23)35(32,33)19-7-2-1-3-8-19/h1-11,14,16H,12-13,15,17H2,(H,27,28,31). The number of aromatic nitrogens is 3. The molecule has 0 saturated heterocycles. The molecule has 0 aliphatic carbocycles. The fourth-order valence-corrected chi connectivity index (χ4v) is 6.05. The molecule has 5 aromatic rings. The second-order valence-corrected chi connectivity index (χ2v) is 10.4. The summed E-state index contributed by atoms with van der Waals surface area (Å²) in [4.78, 5) is 22.7. The summed E-state index contributed by atoms with van der Waals surface area (Å²) in [7, 11) is -3.74. The molecular formula is C26H22N4O4S. The molecule has 0 atom stereocenters. The quantitative estimate of drug-likeness (QED) is 0.406. The van der Waals surface area contributed by atoms with E-state index < -0.39 is 10.0 Å². The number of nitrogens with zero attached hydrogens (tertiary/aromatic N) is 3. The molecule has 8 nitrogen and oxygen atoms in total. The van der Waals surface area contributed by atoms with Gasteiger partial charge in [0.15, 0.2) is 11.6 Å². The SMILES string of the molecule is O=c1[nH]c(-c2ccco2)nc2c1CN(Cc1cn(S(=O)(=O)c3ccccc3)c3ccccc13)CC2. The molecule has 0 bridgehead atoms. The highest BCUT2D eigenvalue weighted by Gasteiger charge is 2.25. The van der Waals surface area contributed by atoms with Crippen molar-refractivity contribution in [2.45, 2.75) is 24.4 Å². The van der Waals surface area contributed by atoms with Crippen LogP contribution in [0.25, 0.3) is 22.5 Å². The number of aromatic amines is 1. The van der Waals surface area contributed by atoms with Gasteiger partial charge in [-0.1, -0.05) is 36.4 Å². The second kappa shape index (κ2) is 8.37. The van der Waals surface area contributed by atoms with E-state index in [0.29, 0.717) is 48.7 Å². The molecule has 0 saturated carbocycles. The van der Waals surface area contributed by atoms with E-state index in [9.17, 15) is 13.2 Å². The van der Waals surface area contributed by atoms with Gasteiger partial charge in [-0.2, -0.15) is 0 Å². The molecule has 0 amide bonds. The van der Waals surface area contributed by atoms with E-state index >= 15 is 0 Å². The monoisotopic (exact) mass is 486 g/mol. The smallest absolute Gasteiger partial charge is 0.268 e. The summed E-state index contributed by atoms with van der Waals surface area (Å²) in [6, 6.07) is 19.4. The van der Waals surface area contributed by atoms with Crippen molar-refractivity contribution >= 4 is 20.9 Å². The van der Waals surface area contributed by atoms with Crippen LogP contribution < -0.4 is 5.56 Å². The number of para-hydroxylation sites is 1. The molecule has 2 aromatic carbocycles. The van der Waals surface area contributed by atoms with E-state index in [0.717, 1.165) is 16.6 Å². The largest absolute Gasteiger partial charge is 0.461 e. The highest BCUT2D eigenvalue weighted by molar-refractivity contribution is 7.90. The van der Waals surface area contributed by atoms with Gasteiger partial charge < -0.3 is 9.40 Å². The van der Waals surface area contributed by atoms with Crippen molar-refractivity contribution in [3.05, 3.63) is 106 Å². The molecule has 1 aliphatic heterocycles. The lowest BCUT2D eigenvalue weighted by atomic mass is 10.1. The number of furan rings is 1. The predicted octanol–water partition coefficient (Wildman–Crippen LogP) is 3.78. The van der Waals surface area contributed by atoms with Gasteiger partial charge >= 0.3 is 0 Å². The Morgan fingerprint density at radius 2 is 1.80 bits per heavy atom. The third-order valence-corrected chi connectivity index (χ3v) is 8.04. The zero-order valence-corrected chi connectivity index (χ0v) is 19.5. The first-order valence-electron chi connectivity index (χ1n) is 11.3. The Balaban J connectivity index is 1.33. The summed E-state index contributed by atoms with van der Waals surface area (Å²) in [5, 5.41) is 0.873. The third kappa shape index (κ3) is 3.78. The van der Waals surface area contributed by atoms with Crippen molar-refractivity contribution in [1.29, 1.82) is 0 Å². The molecule has 0 fully saturated rings. The summed E-state index contributed by atoms with van der Waals surface area (Å²) in [6.45, 7) is 1.64. The second-order valence-electron chi connectivity index (χ2n) is 8.56. The minimum Gasteiger partial charge on any atom is -0.461 e. The van der Waals surface area contributed by atoms with Gasteiger partial charge in [-0.3, -0.25) is 9.69 Å². The average molecular weight is 487 g/mol. The molecule has 1 aliphatic rings. The fourth-order valence-electron chi connectivity index (χ4n) is 4.64. The summed E-state index contributed by atoms with van der Waals surface area (Å²) >= 11 is 0. The van der Waals surface area contributed by atoms with Gasteiger partial charge in [-0.25, -0.2) is 17.4 Å². The van der Waals surface area contributed by atoms with Crippen LogP contribution in [-0.4, -0.2) is 33.8 Å². The Kier molecular flexibility index (Phi) is 5.16. The van der Waals surface area contributed by atoms with Crippen molar-refractivity contribution in [3.63, 3.8) is 0 Å². The Hall–Kier alpha value is -3.95. The molecule has 0 unspecified atom stereocenters. The topological polar surface area (TPSA) is 101 Å². The minimum atomic E-state index is -3.74. The number of nitrogens with one attached hydrogen (secondary N) is 1. The molecule has 35 heavy (non-hydrogen) atoms. The summed E-state index contributed by atoms with van der Waals surface area (Å²) in [5.41, 5.74) is 2.74. The van der Waals surface area contributed by atoms with Gasteiger partial charge in [0.05, 0.1) is 27.9 Å². The van der Waals surface area contributed by atoms with Crippen molar-refractivity contribution in [1.82, 2.24) is 18.8 Å². The normalized spacial score (nSPS) is 14.3. The summed E-state index contributed by atoms with van der Waals surface area (Å²) in [6.07, 6.45) is 3.86. The highest BCUT2D eigenvalue weighted by atomic mass is 32.2. The van der Waals surface area contributed by atoms with Crippen molar-refractivity contribution in [2.75, 3.05) is 6.54 Å². The number of rotatable bonds is 5. The summed E-state index contributed by atoms with van der Waals surface area (Å²) < 4.78 is 33.5. The maximum Gasteiger partial charge on any atom is 0.268 e. The predicted molar refractivity (Wildman–Crippen MR) is 131 cm³/mol. The van der Waals surface area contributed by atoms with Crippen LogP contribution in [0.3, 0.4) is 0 Å². The molecule has 176 valence electrons. The lowest BCUT2D eigenvalue weighted by Gasteiger charge is -2.27. The molecular weight excluding hydrogens is 464 g/mol. The lowest BCUT2D eigenvalue weighted by molar-refractivity contribution is 0.242. The first-order chi connectivity index (χ1) is 17.0. The van der Waals surface area contributed by atoms with Crippen LogP contribution in [0, 0.1) is 0 Å². The van der Waals surface area contributed by atoms with Crippen LogP contribution >= 0.6 is 0 Å². The van der Waals surface area contributed by atoms with Crippen LogP contribution in [0.2, 0.25) is 0 Å². The van der Waals surface area contributed by atoms with E-state index in [1.807, 2.05) is 24.3 Å². The van der Waals surface area contributed by atoms with Gasteiger partial charge in [-0.05, 0) is 35.9 Å². The first-order valence-corrected chi connectivity index (χ1v) is 12.7. The Bertz CT molecular complexity index is 1690. The fraction of sp³-hybridized carbons (Fsp3) is 0.154. The Morgan fingerprint density at radius 3 is 2.60 bits per heavy atom. The van der Waals surface area contributed by atoms with Crippen molar-refractivity contribution in [2.24, 2.45) is 0 Å². The number of benzene rings is 2. The third-order valence-electron chi connectivity index (χ3n) is 6.36. The van der Waals surface area contributed by atoms with Crippen LogP contribution in [0.1, 0.15) is 16.8 Å². The molecule has 6 rings (SSSR count).